The van der Waals surface area contributed by atoms with E-state index in [1.165, 1.54) is 6.07 Å². The van der Waals surface area contributed by atoms with Crippen molar-refractivity contribution >= 4 is 5.69 Å². The molecule has 0 fully saturated rings. The Hall–Kier alpha value is -1.84. The predicted molar refractivity (Wildman–Crippen MR) is 67.0 cm³/mol. The summed E-state index contributed by atoms with van der Waals surface area (Å²) in [6.07, 6.45) is 3.51. The van der Waals surface area contributed by atoms with E-state index < -0.39 is 0 Å². The van der Waals surface area contributed by atoms with Crippen molar-refractivity contribution in [2.45, 2.75) is 26.8 Å². The van der Waals surface area contributed by atoms with E-state index in [0.29, 0.717) is 5.69 Å². The van der Waals surface area contributed by atoms with Crippen LogP contribution in [0.4, 0.5) is 10.1 Å². The fraction of sp³-hybridized carbons (Fsp3) is 0.308. The van der Waals surface area contributed by atoms with Crippen molar-refractivity contribution in [1.29, 1.82) is 0 Å². The van der Waals surface area contributed by atoms with Crippen LogP contribution in [0.3, 0.4) is 0 Å². The van der Waals surface area contributed by atoms with Crippen LogP contribution in [0.5, 0.6) is 0 Å². The molecule has 0 amide bonds. The molecular formula is C13H16FN3. The van der Waals surface area contributed by atoms with E-state index in [0.717, 1.165) is 11.3 Å². The summed E-state index contributed by atoms with van der Waals surface area (Å²) in [5.41, 5.74) is 2.26. The molecule has 0 saturated heterocycles. The number of nitrogens with one attached hydrogen (secondary N) is 1. The van der Waals surface area contributed by atoms with Crippen molar-refractivity contribution in [1.82, 2.24) is 9.78 Å². The molecule has 1 aromatic carbocycles. The van der Waals surface area contributed by atoms with Gasteiger partial charge in [0.25, 0.3) is 0 Å². The maximum absolute atomic E-state index is 13.9. The van der Waals surface area contributed by atoms with E-state index in [2.05, 4.69) is 10.4 Å². The number of benzene rings is 1. The van der Waals surface area contributed by atoms with Crippen LogP contribution in [-0.4, -0.2) is 15.8 Å². The van der Waals surface area contributed by atoms with E-state index in [1.807, 2.05) is 26.8 Å². The minimum absolute atomic E-state index is 0.279. The first-order valence-corrected chi connectivity index (χ1v) is 5.64. The molecule has 0 bridgehead atoms. The molecule has 2 rings (SSSR count). The summed E-state index contributed by atoms with van der Waals surface area (Å²) in [6, 6.07) is 5.36. The maximum atomic E-state index is 13.9. The Bertz CT molecular complexity index is 517. The smallest absolute Gasteiger partial charge is 0.150 e. The SMILES string of the molecule is Cc1cnn(-c2ccc(NC(C)C)cc2F)c1. The lowest BCUT2D eigenvalue weighted by atomic mass is 10.2. The number of aryl methyl sites for hydroxylation is 1. The van der Waals surface area contributed by atoms with Crippen molar-refractivity contribution in [3.63, 3.8) is 0 Å². The number of hydrogen-bond donors (Lipinski definition) is 1. The Balaban J connectivity index is 2.31. The van der Waals surface area contributed by atoms with Gasteiger partial charge in [-0.2, -0.15) is 5.10 Å². The minimum atomic E-state index is -0.279. The van der Waals surface area contributed by atoms with Crippen molar-refractivity contribution in [3.8, 4) is 5.69 Å². The van der Waals surface area contributed by atoms with E-state index in [4.69, 9.17) is 0 Å². The zero-order chi connectivity index (χ0) is 12.4. The third kappa shape index (κ3) is 2.64. The molecule has 0 saturated carbocycles. The van der Waals surface area contributed by atoms with Gasteiger partial charge in [-0.15, -0.1) is 0 Å². The van der Waals surface area contributed by atoms with E-state index in [1.54, 1.807) is 23.1 Å². The first kappa shape index (κ1) is 11.6. The Kier molecular flexibility index (Phi) is 3.13. The second-order valence-electron chi connectivity index (χ2n) is 4.43. The molecule has 17 heavy (non-hydrogen) atoms. The van der Waals surface area contributed by atoms with Crippen molar-refractivity contribution < 1.29 is 4.39 Å². The largest absolute Gasteiger partial charge is 0.383 e. The molecule has 3 nitrogen and oxygen atoms in total. The molecule has 2 aromatic rings. The second-order valence-corrected chi connectivity index (χ2v) is 4.43. The van der Waals surface area contributed by atoms with Gasteiger partial charge in [0.2, 0.25) is 0 Å². The zero-order valence-corrected chi connectivity index (χ0v) is 10.2. The maximum Gasteiger partial charge on any atom is 0.150 e. The molecule has 1 heterocycles. The average Bonchev–Trinajstić information content (AvgIpc) is 2.64. The zero-order valence-electron chi connectivity index (χ0n) is 10.2. The molecule has 0 aliphatic carbocycles. The van der Waals surface area contributed by atoms with Crippen LogP contribution < -0.4 is 5.32 Å². The first-order chi connectivity index (χ1) is 8.06. The molecule has 0 unspecified atom stereocenters. The molecule has 4 heteroatoms. The topological polar surface area (TPSA) is 29.9 Å². The normalized spacial score (nSPS) is 10.9. The number of anilines is 1. The van der Waals surface area contributed by atoms with Crippen LogP contribution in [0.25, 0.3) is 5.69 Å². The minimum Gasteiger partial charge on any atom is -0.383 e. The first-order valence-electron chi connectivity index (χ1n) is 5.64. The Morgan fingerprint density at radius 1 is 1.35 bits per heavy atom. The molecule has 0 radical (unpaired) electrons. The number of hydrogen-bond acceptors (Lipinski definition) is 2. The lowest BCUT2D eigenvalue weighted by Crippen LogP contribution is -2.10. The van der Waals surface area contributed by atoms with E-state index in [-0.39, 0.29) is 11.9 Å². The van der Waals surface area contributed by atoms with Crippen LogP contribution in [0.15, 0.2) is 30.6 Å². The van der Waals surface area contributed by atoms with Crippen LogP contribution in [0.2, 0.25) is 0 Å². The Labute approximate surface area is 100 Å². The van der Waals surface area contributed by atoms with Crippen LogP contribution in [0.1, 0.15) is 19.4 Å². The van der Waals surface area contributed by atoms with Crippen molar-refractivity contribution in [3.05, 3.63) is 42.0 Å². The molecule has 0 aliphatic heterocycles. The molecule has 90 valence electrons. The number of rotatable bonds is 3. The van der Waals surface area contributed by atoms with Gasteiger partial charge < -0.3 is 5.32 Å². The summed E-state index contributed by atoms with van der Waals surface area (Å²) in [5, 5.41) is 7.25. The lowest BCUT2D eigenvalue weighted by Gasteiger charge is -2.11. The average molecular weight is 233 g/mol. The summed E-state index contributed by atoms with van der Waals surface area (Å²) in [6.45, 7) is 5.96. The Morgan fingerprint density at radius 2 is 2.12 bits per heavy atom. The fourth-order valence-corrected chi connectivity index (χ4v) is 1.66. The second kappa shape index (κ2) is 4.57. The highest BCUT2D eigenvalue weighted by Crippen LogP contribution is 2.18. The molecule has 1 N–H and O–H groups in total. The van der Waals surface area contributed by atoms with Crippen LogP contribution in [0, 0.1) is 12.7 Å². The van der Waals surface area contributed by atoms with Gasteiger partial charge in [0.1, 0.15) is 5.69 Å². The Morgan fingerprint density at radius 3 is 2.65 bits per heavy atom. The highest BCUT2D eigenvalue weighted by atomic mass is 19.1. The van der Waals surface area contributed by atoms with Crippen LogP contribution >= 0.6 is 0 Å². The standard InChI is InChI=1S/C13H16FN3/c1-9(2)16-11-4-5-13(12(14)6-11)17-8-10(3)7-15-17/h4-9,16H,1-3H3. The summed E-state index contributed by atoms with van der Waals surface area (Å²) in [4.78, 5) is 0. The van der Waals surface area contributed by atoms with Crippen LogP contribution in [-0.2, 0) is 0 Å². The highest BCUT2D eigenvalue weighted by Gasteiger charge is 2.07. The monoisotopic (exact) mass is 233 g/mol. The highest BCUT2D eigenvalue weighted by molar-refractivity contribution is 5.50. The van der Waals surface area contributed by atoms with Gasteiger partial charge in [-0.05, 0) is 44.5 Å². The van der Waals surface area contributed by atoms with Gasteiger partial charge in [-0.25, -0.2) is 9.07 Å². The van der Waals surface area contributed by atoms with E-state index in [9.17, 15) is 4.39 Å². The summed E-state index contributed by atoms with van der Waals surface area (Å²) in [5.74, 6) is -0.279. The van der Waals surface area contributed by atoms with Gasteiger partial charge >= 0.3 is 0 Å². The van der Waals surface area contributed by atoms with Gasteiger partial charge in [-0.1, -0.05) is 0 Å². The molecule has 0 atom stereocenters. The van der Waals surface area contributed by atoms with Crippen molar-refractivity contribution in [2.24, 2.45) is 0 Å². The number of halogens is 1. The van der Waals surface area contributed by atoms with Gasteiger partial charge in [0, 0.05) is 17.9 Å². The molecular weight excluding hydrogens is 217 g/mol. The van der Waals surface area contributed by atoms with Gasteiger partial charge in [0.05, 0.1) is 6.20 Å². The number of nitrogens with zero attached hydrogens (tertiary/aromatic N) is 2. The van der Waals surface area contributed by atoms with Gasteiger partial charge in [-0.3, -0.25) is 0 Å². The predicted octanol–water partition coefficient (Wildman–Crippen LogP) is 3.14. The lowest BCUT2D eigenvalue weighted by molar-refractivity contribution is 0.611. The quantitative estimate of drug-likeness (QED) is 0.882. The summed E-state index contributed by atoms with van der Waals surface area (Å²) in [7, 11) is 0. The van der Waals surface area contributed by atoms with E-state index >= 15 is 0 Å². The summed E-state index contributed by atoms with van der Waals surface area (Å²) < 4.78 is 15.4. The fourth-order valence-electron chi connectivity index (χ4n) is 1.66. The third-order valence-electron chi connectivity index (χ3n) is 2.36. The third-order valence-corrected chi connectivity index (χ3v) is 2.36. The molecule has 0 spiro atoms. The van der Waals surface area contributed by atoms with Crippen molar-refractivity contribution in [2.75, 3.05) is 5.32 Å². The van der Waals surface area contributed by atoms with Gasteiger partial charge in [0.15, 0.2) is 5.82 Å². The molecule has 0 aliphatic rings. The summed E-state index contributed by atoms with van der Waals surface area (Å²) >= 11 is 0. The molecule has 1 aromatic heterocycles. The number of aromatic nitrogens is 2.